The molecule has 0 N–H and O–H groups in total. The van der Waals surface area contributed by atoms with E-state index in [4.69, 9.17) is 4.74 Å². The van der Waals surface area contributed by atoms with Crippen molar-refractivity contribution in [2.75, 3.05) is 13.2 Å². The molecule has 1 aliphatic rings. The molecule has 0 aliphatic carbocycles. The van der Waals surface area contributed by atoms with Gasteiger partial charge in [0.15, 0.2) is 0 Å². The quantitative estimate of drug-likeness (QED) is 0.486. The summed E-state index contributed by atoms with van der Waals surface area (Å²) in [6.07, 6.45) is -4.64. The monoisotopic (exact) mass is 421 g/mol. The van der Waals surface area contributed by atoms with Crippen LogP contribution in [0.5, 0.6) is 5.75 Å². The van der Waals surface area contributed by atoms with Crippen molar-refractivity contribution in [2.45, 2.75) is 6.36 Å². The smallest absolute Gasteiger partial charge is 0.475 e. The first-order chi connectivity index (χ1) is 14.3. The van der Waals surface area contributed by atoms with E-state index in [0.717, 1.165) is 11.1 Å². The molecule has 30 heavy (non-hydrogen) atoms. The van der Waals surface area contributed by atoms with Crippen LogP contribution in [-0.2, 0) is 4.74 Å². The summed E-state index contributed by atoms with van der Waals surface area (Å²) in [5, 5.41) is 0. The van der Waals surface area contributed by atoms with Gasteiger partial charge < -0.3 is 9.47 Å². The number of alkyl halides is 3. The van der Waals surface area contributed by atoms with E-state index >= 15 is 0 Å². The molecule has 0 amide bonds. The Labute approximate surface area is 169 Å². The Morgan fingerprint density at radius 3 is 1.90 bits per heavy atom. The van der Waals surface area contributed by atoms with E-state index in [2.05, 4.69) is 9.73 Å². The van der Waals surface area contributed by atoms with Crippen molar-refractivity contribution < 1.29 is 31.4 Å². The Morgan fingerprint density at radius 2 is 1.37 bits per heavy atom. The molecular formula is C22H16F5NO2. The number of halogens is 5. The average Bonchev–Trinajstić information content (AvgIpc) is 3.23. The largest absolute Gasteiger partial charge is 0.573 e. The van der Waals surface area contributed by atoms with Gasteiger partial charge in [0.05, 0.1) is 6.54 Å². The van der Waals surface area contributed by atoms with Gasteiger partial charge in [-0.1, -0.05) is 48.5 Å². The van der Waals surface area contributed by atoms with Gasteiger partial charge in [-0.3, -0.25) is 0 Å². The third-order valence-corrected chi connectivity index (χ3v) is 3.96. The van der Waals surface area contributed by atoms with Gasteiger partial charge in [0.2, 0.25) is 5.90 Å². The van der Waals surface area contributed by atoms with Gasteiger partial charge in [-0.25, -0.2) is 13.8 Å². The average molecular weight is 421 g/mol. The van der Waals surface area contributed by atoms with Gasteiger partial charge >= 0.3 is 6.36 Å². The minimum Gasteiger partial charge on any atom is -0.475 e. The maximum atomic E-state index is 13.1. The van der Waals surface area contributed by atoms with Gasteiger partial charge in [0.25, 0.3) is 0 Å². The molecule has 1 aliphatic heterocycles. The van der Waals surface area contributed by atoms with Crippen LogP contribution in [0.2, 0.25) is 0 Å². The maximum Gasteiger partial charge on any atom is 0.573 e. The number of benzene rings is 3. The van der Waals surface area contributed by atoms with Crippen molar-refractivity contribution in [2.24, 2.45) is 4.99 Å². The SMILES string of the molecule is FC(F)(F)Oc1ccc(-c2ccccc2)cc1.Fc1cccc(F)c1C1=NCCO1. The zero-order chi connectivity index (χ0) is 21.6. The summed E-state index contributed by atoms with van der Waals surface area (Å²) < 4.78 is 70.8. The van der Waals surface area contributed by atoms with E-state index < -0.39 is 18.0 Å². The molecule has 3 nitrogen and oxygen atoms in total. The van der Waals surface area contributed by atoms with Gasteiger partial charge in [0, 0.05) is 0 Å². The molecule has 0 unspecified atom stereocenters. The van der Waals surface area contributed by atoms with Crippen LogP contribution >= 0.6 is 0 Å². The molecule has 0 radical (unpaired) electrons. The summed E-state index contributed by atoms with van der Waals surface area (Å²) in [4.78, 5) is 3.84. The Morgan fingerprint density at radius 1 is 0.767 bits per heavy atom. The summed E-state index contributed by atoms with van der Waals surface area (Å²) in [6, 6.07) is 18.9. The predicted octanol–water partition coefficient (Wildman–Crippen LogP) is 5.99. The Hall–Kier alpha value is -3.42. The summed E-state index contributed by atoms with van der Waals surface area (Å²) >= 11 is 0. The van der Waals surface area contributed by atoms with E-state index in [0.29, 0.717) is 13.2 Å². The topological polar surface area (TPSA) is 30.8 Å². The second kappa shape index (κ2) is 9.39. The lowest BCUT2D eigenvalue weighted by Gasteiger charge is -2.09. The van der Waals surface area contributed by atoms with Crippen LogP contribution in [0.3, 0.4) is 0 Å². The van der Waals surface area contributed by atoms with Crippen LogP contribution in [0.25, 0.3) is 11.1 Å². The highest BCUT2D eigenvalue weighted by Gasteiger charge is 2.30. The summed E-state index contributed by atoms with van der Waals surface area (Å²) in [7, 11) is 0. The van der Waals surface area contributed by atoms with Crippen LogP contribution in [0.1, 0.15) is 5.56 Å². The Balaban J connectivity index is 0.000000177. The molecule has 3 aromatic carbocycles. The molecule has 0 fully saturated rings. The standard InChI is InChI=1S/C13H9F3O.C9H7F2NO/c14-13(15,16)17-12-8-6-11(7-9-12)10-4-2-1-3-5-10;10-6-2-1-3-7(11)8(6)9-12-4-5-13-9/h1-9H;1-3H,4-5H2. The van der Waals surface area contributed by atoms with Crippen molar-refractivity contribution in [3.05, 3.63) is 90.0 Å². The zero-order valence-electron chi connectivity index (χ0n) is 15.5. The molecule has 1 heterocycles. The van der Waals surface area contributed by atoms with E-state index in [-0.39, 0.29) is 17.2 Å². The third kappa shape index (κ3) is 5.79. The van der Waals surface area contributed by atoms with Crippen molar-refractivity contribution >= 4 is 5.90 Å². The Kier molecular flexibility index (Phi) is 6.66. The summed E-state index contributed by atoms with van der Waals surface area (Å²) in [6.45, 7) is 0.853. The minimum atomic E-state index is -4.64. The molecule has 0 saturated heterocycles. The molecule has 0 atom stereocenters. The van der Waals surface area contributed by atoms with E-state index in [1.807, 2.05) is 30.3 Å². The molecule has 3 aromatic rings. The third-order valence-electron chi connectivity index (χ3n) is 3.96. The first-order valence-electron chi connectivity index (χ1n) is 8.86. The first kappa shape index (κ1) is 21.3. The van der Waals surface area contributed by atoms with Crippen molar-refractivity contribution in [1.29, 1.82) is 0 Å². The van der Waals surface area contributed by atoms with Gasteiger partial charge in [-0.05, 0) is 35.4 Å². The summed E-state index contributed by atoms with van der Waals surface area (Å²) in [5.74, 6) is -1.42. The van der Waals surface area contributed by atoms with E-state index in [1.54, 1.807) is 12.1 Å². The van der Waals surface area contributed by atoms with Crippen LogP contribution in [0.4, 0.5) is 22.0 Å². The second-order valence-electron chi connectivity index (χ2n) is 6.07. The first-order valence-corrected chi connectivity index (χ1v) is 8.86. The highest BCUT2D eigenvalue weighted by Crippen LogP contribution is 2.26. The fourth-order valence-corrected chi connectivity index (χ4v) is 2.67. The van der Waals surface area contributed by atoms with Crippen LogP contribution < -0.4 is 4.74 Å². The molecule has 0 spiro atoms. The molecule has 0 bridgehead atoms. The molecule has 8 heteroatoms. The number of hydrogen-bond acceptors (Lipinski definition) is 3. The number of rotatable bonds is 3. The molecule has 0 saturated carbocycles. The predicted molar refractivity (Wildman–Crippen MR) is 102 cm³/mol. The fourth-order valence-electron chi connectivity index (χ4n) is 2.67. The van der Waals surface area contributed by atoms with E-state index in [1.165, 1.54) is 30.3 Å². The van der Waals surface area contributed by atoms with Crippen molar-refractivity contribution in [3.8, 4) is 16.9 Å². The van der Waals surface area contributed by atoms with Gasteiger partial charge in [0.1, 0.15) is 29.6 Å². The minimum absolute atomic E-state index is 0.0654. The van der Waals surface area contributed by atoms with Crippen LogP contribution in [0.15, 0.2) is 77.8 Å². The molecule has 156 valence electrons. The lowest BCUT2D eigenvalue weighted by molar-refractivity contribution is -0.274. The molecule has 0 aromatic heterocycles. The Bertz CT molecular complexity index is 982. The van der Waals surface area contributed by atoms with Crippen LogP contribution in [-0.4, -0.2) is 25.4 Å². The zero-order valence-corrected chi connectivity index (χ0v) is 15.5. The summed E-state index contributed by atoms with van der Waals surface area (Å²) in [5.41, 5.74) is 1.63. The second-order valence-corrected chi connectivity index (χ2v) is 6.07. The van der Waals surface area contributed by atoms with Crippen LogP contribution in [0, 0.1) is 11.6 Å². The number of hydrogen-bond donors (Lipinski definition) is 0. The molecular weight excluding hydrogens is 405 g/mol. The lowest BCUT2D eigenvalue weighted by Crippen LogP contribution is -2.16. The van der Waals surface area contributed by atoms with E-state index in [9.17, 15) is 22.0 Å². The number of nitrogens with zero attached hydrogens (tertiary/aromatic N) is 1. The number of aliphatic imine (C=N–C) groups is 1. The van der Waals surface area contributed by atoms with Crippen molar-refractivity contribution in [3.63, 3.8) is 0 Å². The highest BCUT2D eigenvalue weighted by molar-refractivity contribution is 5.95. The molecule has 4 rings (SSSR count). The number of ether oxygens (including phenoxy) is 2. The fraction of sp³-hybridized carbons (Fsp3) is 0.136. The lowest BCUT2D eigenvalue weighted by atomic mass is 10.1. The highest BCUT2D eigenvalue weighted by atomic mass is 19.4. The van der Waals surface area contributed by atoms with Gasteiger partial charge in [-0.15, -0.1) is 13.2 Å². The van der Waals surface area contributed by atoms with Crippen molar-refractivity contribution in [1.82, 2.24) is 0 Å². The normalized spacial score (nSPS) is 13.0. The maximum absolute atomic E-state index is 13.1. The van der Waals surface area contributed by atoms with Gasteiger partial charge in [-0.2, -0.15) is 0 Å².